The Morgan fingerprint density at radius 2 is 1.93 bits per heavy atom. The van der Waals surface area contributed by atoms with Crippen molar-refractivity contribution in [3.05, 3.63) is 60.6 Å². The van der Waals surface area contributed by atoms with E-state index in [1.165, 1.54) is 18.7 Å². The zero-order chi connectivity index (χ0) is 18.6. The standard InChI is InChI=1S/C21H26N6/c1-16(2)27-11-9-23-21(27)18-6-5-10-26(15-18)14-17-12-24-20(25-13-17)19-7-3-4-8-22-19/h3-4,7-9,11-13,16,18H,5-6,10,14-15H2,1-2H3/t18-/m0/s1. The van der Waals surface area contributed by atoms with E-state index < -0.39 is 0 Å². The Morgan fingerprint density at radius 3 is 2.67 bits per heavy atom. The Balaban J connectivity index is 1.43. The maximum atomic E-state index is 4.65. The number of hydrogen-bond acceptors (Lipinski definition) is 5. The zero-order valence-corrected chi connectivity index (χ0v) is 16.0. The Bertz CT molecular complexity index is 856. The molecule has 0 bridgehead atoms. The third-order valence-corrected chi connectivity index (χ3v) is 5.13. The van der Waals surface area contributed by atoms with Gasteiger partial charge in [-0.1, -0.05) is 6.07 Å². The van der Waals surface area contributed by atoms with Gasteiger partial charge in [-0.2, -0.15) is 0 Å². The topological polar surface area (TPSA) is 59.7 Å². The molecule has 0 saturated carbocycles. The van der Waals surface area contributed by atoms with Gasteiger partial charge in [0, 0.05) is 61.6 Å². The van der Waals surface area contributed by atoms with Crippen molar-refractivity contribution in [3.63, 3.8) is 0 Å². The van der Waals surface area contributed by atoms with Gasteiger partial charge in [-0.3, -0.25) is 9.88 Å². The predicted molar refractivity (Wildman–Crippen MR) is 105 cm³/mol. The van der Waals surface area contributed by atoms with E-state index in [0.29, 0.717) is 17.8 Å². The van der Waals surface area contributed by atoms with Gasteiger partial charge in [-0.15, -0.1) is 0 Å². The highest BCUT2D eigenvalue weighted by molar-refractivity contribution is 5.47. The number of nitrogens with zero attached hydrogens (tertiary/aromatic N) is 6. The summed E-state index contributed by atoms with van der Waals surface area (Å²) in [5.41, 5.74) is 1.95. The lowest BCUT2D eigenvalue weighted by Crippen LogP contribution is -2.35. The molecular formula is C21H26N6. The van der Waals surface area contributed by atoms with E-state index in [4.69, 9.17) is 0 Å². The van der Waals surface area contributed by atoms with Crippen LogP contribution in [0.5, 0.6) is 0 Å². The Labute approximate surface area is 160 Å². The van der Waals surface area contributed by atoms with Crippen LogP contribution in [0.25, 0.3) is 11.5 Å². The minimum absolute atomic E-state index is 0.449. The predicted octanol–water partition coefficient (Wildman–Crippen LogP) is 3.70. The largest absolute Gasteiger partial charge is 0.332 e. The molecule has 0 unspecified atom stereocenters. The van der Waals surface area contributed by atoms with E-state index in [1.807, 2.05) is 36.8 Å². The number of rotatable bonds is 5. The first-order chi connectivity index (χ1) is 13.2. The van der Waals surface area contributed by atoms with Crippen LogP contribution in [0.15, 0.2) is 49.2 Å². The molecule has 0 N–H and O–H groups in total. The highest BCUT2D eigenvalue weighted by atomic mass is 15.2. The maximum Gasteiger partial charge on any atom is 0.178 e. The third kappa shape index (κ3) is 4.06. The Morgan fingerprint density at radius 1 is 1.07 bits per heavy atom. The van der Waals surface area contributed by atoms with Crippen LogP contribution in [0.3, 0.4) is 0 Å². The zero-order valence-electron chi connectivity index (χ0n) is 16.0. The summed E-state index contributed by atoms with van der Waals surface area (Å²) in [6, 6.07) is 6.23. The molecule has 140 valence electrons. The summed E-state index contributed by atoms with van der Waals surface area (Å²) in [6.07, 6.45) is 12.0. The van der Waals surface area contributed by atoms with Crippen LogP contribution in [0.1, 0.15) is 50.0 Å². The van der Waals surface area contributed by atoms with Gasteiger partial charge in [-0.05, 0) is 45.4 Å². The van der Waals surface area contributed by atoms with Crippen molar-refractivity contribution in [1.29, 1.82) is 0 Å². The van der Waals surface area contributed by atoms with E-state index >= 15 is 0 Å². The van der Waals surface area contributed by atoms with E-state index in [-0.39, 0.29) is 0 Å². The minimum atomic E-state index is 0.449. The molecule has 0 spiro atoms. The van der Waals surface area contributed by atoms with E-state index in [1.54, 1.807) is 6.20 Å². The van der Waals surface area contributed by atoms with Crippen molar-refractivity contribution in [2.24, 2.45) is 0 Å². The van der Waals surface area contributed by atoms with Crippen molar-refractivity contribution in [2.75, 3.05) is 13.1 Å². The van der Waals surface area contributed by atoms with Gasteiger partial charge in [0.1, 0.15) is 11.5 Å². The molecule has 27 heavy (non-hydrogen) atoms. The maximum absolute atomic E-state index is 4.65. The van der Waals surface area contributed by atoms with Crippen molar-refractivity contribution in [2.45, 2.75) is 45.2 Å². The van der Waals surface area contributed by atoms with E-state index in [9.17, 15) is 0 Å². The SMILES string of the molecule is CC(C)n1ccnc1[C@H]1CCCN(Cc2cnc(-c3ccccn3)nc2)C1. The monoisotopic (exact) mass is 362 g/mol. The van der Waals surface area contributed by atoms with E-state index in [2.05, 4.69) is 49.4 Å². The van der Waals surface area contributed by atoms with Crippen LogP contribution in [-0.4, -0.2) is 42.5 Å². The fourth-order valence-electron chi connectivity index (χ4n) is 3.81. The number of aromatic nitrogens is 5. The summed E-state index contributed by atoms with van der Waals surface area (Å²) in [5, 5.41) is 0. The number of likely N-dealkylation sites (tertiary alicyclic amines) is 1. The molecule has 0 amide bonds. The number of pyridine rings is 1. The molecule has 6 heteroatoms. The fourth-order valence-corrected chi connectivity index (χ4v) is 3.81. The van der Waals surface area contributed by atoms with Crippen LogP contribution >= 0.6 is 0 Å². The van der Waals surface area contributed by atoms with E-state index in [0.717, 1.165) is 30.9 Å². The molecule has 6 nitrogen and oxygen atoms in total. The Kier molecular flexibility index (Phi) is 5.25. The number of piperidine rings is 1. The normalized spacial score (nSPS) is 18.1. The molecule has 4 heterocycles. The molecule has 1 aliphatic rings. The summed E-state index contributed by atoms with van der Waals surface area (Å²) < 4.78 is 2.30. The van der Waals surface area contributed by atoms with Crippen LogP contribution in [0.4, 0.5) is 0 Å². The van der Waals surface area contributed by atoms with Gasteiger partial charge >= 0.3 is 0 Å². The second-order valence-electron chi connectivity index (χ2n) is 7.49. The molecular weight excluding hydrogens is 336 g/mol. The van der Waals surface area contributed by atoms with Crippen molar-refractivity contribution in [1.82, 2.24) is 29.4 Å². The quantitative estimate of drug-likeness (QED) is 0.693. The smallest absolute Gasteiger partial charge is 0.178 e. The lowest BCUT2D eigenvalue weighted by molar-refractivity contribution is 0.193. The van der Waals surface area contributed by atoms with Crippen LogP contribution in [-0.2, 0) is 6.54 Å². The molecule has 0 aromatic carbocycles. The van der Waals surface area contributed by atoms with Crippen LogP contribution in [0, 0.1) is 0 Å². The second-order valence-corrected chi connectivity index (χ2v) is 7.49. The number of imidazole rings is 1. The summed E-state index contributed by atoms with van der Waals surface area (Å²) >= 11 is 0. The van der Waals surface area contributed by atoms with Gasteiger partial charge in [0.15, 0.2) is 5.82 Å². The first kappa shape index (κ1) is 17.8. The molecule has 1 saturated heterocycles. The Hall–Kier alpha value is -2.60. The van der Waals surface area contributed by atoms with Gasteiger partial charge < -0.3 is 4.57 Å². The molecule has 3 aromatic rings. The van der Waals surface area contributed by atoms with Crippen molar-refractivity contribution >= 4 is 0 Å². The second kappa shape index (κ2) is 7.96. The molecule has 1 atom stereocenters. The summed E-state index contributed by atoms with van der Waals surface area (Å²) in [7, 11) is 0. The van der Waals surface area contributed by atoms with Gasteiger partial charge in [0.25, 0.3) is 0 Å². The summed E-state index contributed by atoms with van der Waals surface area (Å²) in [5.74, 6) is 2.39. The summed E-state index contributed by atoms with van der Waals surface area (Å²) in [4.78, 5) is 20.5. The lowest BCUT2D eigenvalue weighted by atomic mass is 9.96. The average molecular weight is 362 g/mol. The average Bonchev–Trinajstić information content (AvgIpc) is 3.20. The van der Waals surface area contributed by atoms with Gasteiger partial charge in [0.2, 0.25) is 0 Å². The molecule has 1 fully saturated rings. The van der Waals surface area contributed by atoms with Crippen molar-refractivity contribution in [3.8, 4) is 11.5 Å². The first-order valence-electron chi connectivity index (χ1n) is 9.68. The van der Waals surface area contributed by atoms with Crippen LogP contribution in [0.2, 0.25) is 0 Å². The van der Waals surface area contributed by atoms with Crippen molar-refractivity contribution < 1.29 is 0 Å². The molecule has 0 aliphatic carbocycles. The molecule has 0 radical (unpaired) electrons. The highest BCUT2D eigenvalue weighted by Crippen LogP contribution is 2.28. The van der Waals surface area contributed by atoms with Crippen LogP contribution < -0.4 is 0 Å². The molecule has 4 rings (SSSR count). The molecule has 3 aromatic heterocycles. The highest BCUT2D eigenvalue weighted by Gasteiger charge is 2.25. The fraction of sp³-hybridized carbons (Fsp3) is 0.429. The van der Waals surface area contributed by atoms with Gasteiger partial charge in [-0.25, -0.2) is 15.0 Å². The summed E-state index contributed by atoms with van der Waals surface area (Å²) in [6.45, 7) is 7.45. The minimum Gasteiger partial charge on any atom is -0.332 e. The van der Waals surface area contributed by atoms with Gasteiger partial charge in [0.05, 0.1) is 0 Å². The lowest BCUT2D eigenvalue weighted by Gasteiger charge is -2.33. The third-order valence-electron chi connectivity index (χ3n) is 5.13. The first-order valence-corrected chi connectivity index (χ1v) is 9.68. The molecule has 1 aliphatic heterocycles. The number of hydrogen-bond donors (Lipinski definition) is 0.